The van der Waals surface area contributed by atoms with Crippen LogP contribution in [0, 0.1) is 5.41 Å². The van der Waals surface area contributed by atoms with Crippen molar-refractivity contribution in [3.8, 4) is 22.5 Å². The van der Waals surface area contributed by atoms with Crippen LogP contribution in [-0.2, 0) is 20.2 Å². The Labute approximate surface area is 215 Å². The van der Waals surface area contributed by atoms with Gasteiger partial charge in [0, 0.05) is 28.6 Å². The first-order valence-electron chi connectivity index (χ1n) is 10.9. The van der Waals surface area contributed by atoms with Gasteiger partial charge in [-0.2, -0.15) is 16.8 Å². The molecule has 0 fully saturated rings. The number of carbonyl (C=O) groups is 2. The number of aromatic carboxylic acids is 1. The van der Waals surface area contributed by atoms with Crippen LogP contribution in [0.4, 0.5) is 5.69 Å². The number of carboxylic acid groups (broad SMARTS) is 1. The van der Waals surface area contributed by atoms with Crippen molar-refractivity contribution >= 4 is 48.6 Å². The summed E-state index contributed by atoms with van der Waals surface area (Å²) in [7, 11) is -10.1. The highest BCUT2D eigenvalue weighted by atomic mass is 32.2. The Morgan fingerprint density at radius 1 is 0.947 bits per heavy atom. The largest absolute Gasteiger partial charge is 0.478 e. The molecule has 0 unspecified atom stereocenters. The first-order chi connectivity index (χ1) is 17.7. The molecule has 0 saturated carbocycles. The summed E-state index contributed by atoms with van der Waals surface area (Å²) in [6.45, 7) is 3.11. The average Bonchev–Trinajstić information content (AvgIpc) is 2.80. The molecule has 1 aliphatic carbocycles. The van der Waals surface area contributed by atoms with E-state index in [9.17, 15) is 40.6 Å². The highest BCUT2D eigenvalue weighted by Crippen LogP contribution is 2.46. The summed E-state index contributed by atoms with van der Waals surface area (Å²) in [6, 6.07) is 8.73. The monoisotopic (exact) mass is 560 g/mol. The minimum absolute atomic E-state index is 0.0356. The molecule has 0 bridgehead atoms. The smallest absolute Gasteiger partial charge is 0.336 e. The minimum atomic E-state index is -5.11. The molecule has 0 amide bonds. The van der Waals surface area contributed by atoms with Crippen molar-refractivity contribution in [2.24, 2.45) is 0 Å². The topological polar surface area (TPSA) is 212 Å². The molecule has 12 nitrogen and oxygen atoms in total. The van der Waals surface area contributed by atoms with Crippen LogP contribution in [0.25, 0.3) is 33.4 Å². The summed E-state index contributed by atoms with van der Waals surface area (Å²) in [5, 5.41) is 20.0. The Balaban J connectivity index is 2.37. The van der Waals surface area contributed by atoms with E-state index in [1.807, 2.05) is 0 Å². The molecule has 1 heterocycles. The zero-order valence-electron chi connectivity index (χ0n) is 19.8. The van der Waals surface area contributed by atoms with E-state index in [1.54, 1.807) is 6.92 Å². The van der Waals surface area contributed by atoms with E-state index in [4.69, 9.17) is 9.83 Å². The normalized spacial score (nSPS) is 12.1. The zero-order chi connectivity index (χ0) is 28.2. The van der Waals surface area contributed by atoms with Gasteiger partial charge in [0.05, 0.1) is 16.6 Å². The predicted octanol–water partition coefficient (Wildman–Crippen LogP) is 3.51. The SMILES string of the molecule is CCNc1ccc2c(-c3ccc(C(C)=O)cc3C(=O)O)c3ccc(=N)c(S(=O)(=O)O)c-3oc2c1S(=O)(=O)O. The highest BCUT2D eigenvalue weighted by molar-refractivity contribution is 7.86. The number of nitrogens with one attached hydrogen (secondary N) is 2. The molecular formula is C24H20N2O10S2. The molecule has 1 aliphatic heterocycles. The van der Waals surface area contributed by atoms with Crippen molar-refractivity contribution in [2.45, 2.75) is 23.6 Å². The molecule has 0 aromatic heterocycles. The number of hydrogen-bond acceptors (Lipinski definition) is 9. The van der Waals surface area contributed by atoms with Gasteiger partial charge in [-0.05, 0) is 49.7 Å². The number of ketones is 1. The number of anilines is 1. The van der Waals surface area contributed by atoms with Crippen molar-refractivity contribution in [1.29, 1.82) is 5.41 Å². The van der Waals surface area contributed by atoms with Crippen LogP contribution < -0.4 is 10.7 Å². The molecule has 198 valence electrons. The lowest BCUT2D eigenvalue weighted by molar-refractivity contribution is 0.0697. The predicted molar refractivity (Wildman–Crippen MR) is 135 cm³/mol. The fourth-order valence-electron chi connectivity index (χ4n) is 4.26. The Morgan fingerprint density at radius 3 is 2.13 bits per heavy atom. The lowest BCUT2D eigenvalue weighted by Crippen LogP contribution is -2.16. The Morgan fingerprint density at radius 2 is 1.58 bits per heavy atom. The number of fused-ring (bicyclic) bond motifs is 2. The zero-order valence-corrected chi connectivity index (χ0v) is 21.4. The number of carboxylic acids is 1. The molecule has 5 N–H and O–H groups in total. The van der Waals surface area contributed by atoms with Crippen molar-refractivity contribution in [3.63, 3.8) is 0 Å². The first kappa shape index (κ1) is 26.9. The van der Waals surface area contributed by atoms with Gasteiger partial charge in [0.1, 0.15) is 0 Å². The van der Waals surface area contributed by atoms with E-state index in [0.29, 0.717) is 0 Å². The van der Waals surface area contributed by atoms with E-state index in [0.717, 1.165) is 12.1 Å². The van der Waals surface area contributed by atoms with Crippen LogP contribution in [-0.4, -0.2) is 49.3 Å². The minimum Gasteiger partial charge on any atom is -0.478 e. The number of benzene rings is 3. The van der Waals surface area contributed by atoms with Crippen LogP contribution >= 0.6 is 0 Å². The molecule has 4 rings (SSSR count). The number of hydrogen-bond donors (Lipinski definition) is 5. The van der Waals surface area contributed by atoms with Crippen molar-refractivity contribution in [2.75, 3.05) is 11.9 Å². The Hall–Kier alpha value is -4.11. The maximum Gasteiger partial charge on any atom is 0.336 e. The van der Waals surface area contributed by atoms with Crippen LogP contribution in [0.2, 0.25) is 0 Å². The molecule has 0 spiro atoms. The van der Waals surface area contributed by atoms with E-state index in [-0.39, 0.29) is 45.4 Å². The summed E-state index contributed by atoms with van der Waals surface area (Å²) in [5.41, 5.74) is -1.14. The third-order valence-corrected chi connectivity index (χ3v) is 7.62. The number of rotatable bonds is 7. The molecule has 0 atom stereocenters. The number of carbonyl (C=O) groups excluding carboxylic acids is 1. The lowest BCUT2D eigenvalue weighted by atomic mass is 9.89. The van der Waals surface area contributed by atoms with Crippen LogP contribution in [0.3, 0.4) is 0 Å². The molecule has 0 saturated heterocycles. The summed E-state index contributed by atoms with van der Waals surface area (Å²) < 4.78 is 75.2. The maximum atomic E-state index is 12.5. The molecule has 2 aliphatic rings. The second-order valence-electron chi connectivity index (χ2n) is 8.22. The second kappa shape index (κ2) is 9.33. The summed E-state index contributed by atoms with van der Waals surface area (Å²) >= 11 is 0. The van der Waals surface area contributed by atoms with Crippen LogP contribution in [0.15, 0.2) is 56.7 Å². The van der Waals surface area contributed by atoms with E-state index >= 15 is 0 Å². The molecule has 2 aromatic carbocycles. The fraction of sp³-hybridized carbons (Fsp3) is 0.125. The van der Waals surface area contributed by atoms with Gasteiger partial charge in [0.15, 0.2) is 26.9 Å². The van der Waals surface area contributed by atoms with Crippen LogP contribution in [0.1, 0.15) is 34.6 Å². The van der Waals surface area contributed by atoms with Gasteiger partial charge >= 0.3 is 5.97 Å². The van der Waals surface area contributed by atoms with Gasteiger partial charge < -0.3 is 14.8 Å². The Bertz CT molecular complexity index is 1910. The van der Waals surface area contributed by atoms with Crippen molar-refractivity contribution in [1.82, 2.24) is 0 Å². The van der Waals surface area contributed by atoms with Gasteiger partial charge in [-0.3, -0.25) is 19.3 Å². The third-order valence-electron chi connectivity index (χ3n) is 5.78. The van der Waals surface area contributed by atoms with Crippen LogP contribution in [0.5, 0.6) is 0 Å². The van der Waals surface area contributed by atoms with Crippen molar-refractivity contribution in [3.05, 3.63) is 58.9 Å². The summed E-state index contributed by atoms with van der Waals surface area (Å²) in [4.78, 5) is 22.4. The fourth-order valence-corrected chi connectivity index (χ4v) is 5.79. The average molecular weight is 561 g/mol. The maximum absolute atomic E-state index is 12.5. The highest BCUT2D eigenvalue weighted by Gasteiger charge is 2.32. The molecule has 14 heteroatoms. The molecular weight excluding hydrogens is 540 g/mol. The van der Waals surface area contributed by atoms with Gasteiger partial charge in [0.25, 0.3) is 20.2 Å². The summed E-state index contributed by atoms with van der Waals surface area (Å²) in [5.74, 6) is -2.52. The Kier molecular flexibility index (Phi) is 6.61. The van der Waals surface area contributed by atoms with Gasteiger partial charge in [-0.25, -0.2) is 4.79 Å². The lowest BCUT2D eigenvalue weighted by Gasteiger charge is -2.20. The van der Waals surface area contributed by atoms with E-state index < -0.39 is 58.5 Å². The number of Topliss-reactive ketones (excluding diaryl/α,β-unsaturated/α-hetero) is 1. The van der Waals surface area contributed by atoms with E-state index in [1.165, 1.54) is 37.3 Å². The molecule has 2 aromatic rings. The standard InChI is InChI=1S/C24H20N2O10S2/c1-3-26-18-9-7-15-19(13-5-4-12(11(2)27)10-16(13)24(28)29)14-6-8-17(25)22(37(30,31)32)20(14)36-21(15)23(18)38(33,34)35/h4-10,25-26H,3H2,1-2H3,(H,28,29)(H,30,31,32)(H,33,34,35). The first-order valence-corrected chi connectivity index (χ1v) is 13.7. The second-order valence-corrected chi connectivity index (χ2v) is 10.9. The van der Waals surface area contributed by atoms with Gasteiger partial charge in [-0.15, -0.1) is 0 Å². The van der Waals surface area contributed by atoms with Gasteiger partial charge in [0.2, 0.25) is 0 Å². The van der Waals surface area contributed by atoms with E-state index in [2.05, 4.69) is 5.32 Å². The quantitative estimate of drug-likeness (QED) is 0.125. The summed E-state index contributed by atoms with van der Waals surface area (Å²) in [6.07, 6.45) is 0. The van der Waals surface area contributed by atoms with Crippen molar-refractivity contribution < 1.29 is 45.1 Å². The molecule has 0 radical (unpaired) electrons. The van der Waals surface area contributed by atoms with Gasteiger partial charge in [-0.1, -0.05) is 12.1 Å². The molecule has 38 heavy (non-hydrogen) atoms. The third kappa shape index (κ3) is 4.54.